The Bertz CT molecular complexity index is 66.7. The van der Waals surface area contributed by atoms with Crippen molar-refractivity contribution in [1.29, 1.82) is 0 Å². The molecule has 7 heavy (non-hydrogen) atoms. The summed E-state index contributed by atoms with van der Waals surface area (Å²) in [5, 5.41) is 10.6. The Kier molecular flexibility index (Phi) is 2.03. The van der Waals surface area contributed by atoms with Crippen LogP contribution in [0.25, 0.3) is 0 Å². The zero-order valence-electron chi connectivity index (χ0n) is 5.06. The van der Waals surface area contributed by atoms with Crippen LogP contribution in [0.3, 0.4) is 0 Å². The van der Waals surface area contributed by atoms with Gasteiger partial charge in [-0.3, -0.25) is 0 Å². The van der Waals surface area contributed by atoms with Gasteiger partial charge in [-0.2, -0.15) is 0 Å². The monoisotopic (exact) mass is 99.1 g/mol. The molecule has 0 saturated carbocycles. The smallest absolute Gasteiger partial charge is 0.116 e. The SMILES string of the molecule is C/C=C/C(C)(C)[O]. The highest BCUT2D eigenvalue weighted by molar-refractivity contribution is 4.92. The van der Waals surface area contributed by atoms with Crippen LogP contribution in [0, 0.1) is 0 Å². The Morgan fingerprint density at radius 1 is 1.43 bits per heavy atom. The average Bonchev–Trinajstić information content (AvgIpc) is 1.30. The summed E-state index contributed by atoms with van der Waals surface area (Å²) in [6.07, 6.45) is 3.40. The lowest BCUT2D eigenvalue weighted by Gasteiger charge is -2.04. The lowest BCUT2D eigenvalue weighted by molar-refractivity contribution is 0.0489. The van der Waals surface area contributed by atoms with E-state index >= 15 is 0 Å². The van der Waals surface area contributed by atoms with Gasteiger partial charge in [0.1, 0.15) is 5.60 Å². The molecule has 0 aliphatic rings. The Balaban J connectivity index is 3.56. The molecule has 0 spiro atoms. The van der Waals surface area contributed by atoms with Crippen LogP contribution in [0.4, 0.5) is 0 Å². The van der Waals surface area contributed by atoms with Gasteiger partial charge in [-0.1, -0.05) is 12.2 Å². The zero-order valence-corrected chi connectivity index (χ0v) is 5.06. The summed E-state index contributed by atoms with van der Waals surface area (Å²) in [7, 11) is 0. The van der Waals surface area contributed by atoms with E-state index in [9.17, 15) is 5.11 Å². The maximum absolute atomic E-state index is 10.6. The fraction of sp³-hybridized carbons (Fsp3) is 0.667. The number of rotatable bonds is 1. The van der Waals surface area contributed by atoms with Crippen molar-refractivity contribution in [3.63, 3.8) is 0 Å². The molecule has 41 valence electrons. The van der Waals surface area contributed by atoms with Gasteiger partial charge in [0.05, 0.1) is 0 Å². The second-order valence-electron chi connectivity index (χ2n) is 2.10. The largest absolute Gasteiger partial charge is 0.226 e. The van der Waals surface area contributed by atoms with E-state index in [1.165, 1.54) is 0 Å². The molecule has 0 saturated heterocycles. The third-order valence-corrected chi connectivity index (χ3v) is 0.568. The molecule has 1 nitrogen and oxygen atoms in total. The predicted octanol–water partition coefficient (Wildman–Crippen LogP) is 1.77. The van der Waals surface area contributed by atoms with Crippen molar-refractivity contribution in [3.05, 3.63) is 12.2 Å². The van der Waals surface area contributed by atoms with Gasteiger partial charge in [0, 0.05) is 0 Å². The van der Waals surface area contributed by atoms with Crippen LogP contribution >= 0.6 is 0 Å². The maximum Gasteiger partial charge on any atom is 0.116 e. The summed E-state index contributed by atoms with van der Waals surface area (Å²) in [5.74, 6) is 0. The van der Waals surface area contributed by atoms with Crippen LogP contribution in [0.5, 0.6) is 0 Å². The third kappa shape index (κ3) is 5.70. The minimum Gasteiger partial charge on any atom is -0.226 e. The highest BCUT2D eigenvalue weighted by Crippen LogP contribution is 2.01. The molecular weight excluding hydrogens is 88.1 g/mol. The number of hydrogen-bond acceptors (Lipinski definition) is 0. The van der Waals surface area contributed by atoms with E-state index in [4.69, 9.17) is 0 Å². The van der Waals surface area contributed by atoms with Gasteiger partial charge in [-0.25, -0.2) is 5.11 Å². The molecule has 0 amide bonds. The first-order valence-electron chi connectivity index (χ1n) is 2.40. The lowest BCUT2D eigenvalue weighted by Crippen LogP contribution is -2.10. The van der Waals surface area contributed by atoms with E-state index in [0.29, 0.717) is 0 Å². The number of allylic oxidation sites excluding steroid dienone is 1. The summed E-state index contributed by atoms with van der Waals surface area (Å²) < 4.78 is 0. The van der Waals surface area contributed by atoms with Gasteiger partial charge in [0.15, 0.2) is 0 Å². The molecule has 0 aromatic carbocycles. The van der Waals surface area contributed by atoms with E-state index in [-0.39, 0.29) is 0 Å². The summed E-state index contributed by atoms with van der Waals surface area (Å²) in [5.41, 5.74) is -0.880. The second kappa shape index (κ2) is 2.12. The van der Waals surface area contributed by atoms with E-state index < -0.39 is 5.60 Å². The van der Waals surface area contributed by atoms with Gasteiger partial charge >= 0.3 is 0 Å². The fourth-order valence-corrected chi connectivity index (χ4v) is 0.401. The summed E-state index contributed by atoms with van der Waals surface area (Å²) in [6, 6.07) is 0. The summed E-state index contributed by atoms with van der Waals surface area (Å²) >= 11 is 0. The van der Waals surface area contributed by atoms with Gasteiger partial charge in [-0.05, 0) is 20.8 Å². The third-order valence-electron chi connectivity index (χ3n) is 0.568. The van der Waals surface area contributed by atoms with Crippen LogP contribution in [0.15, 0.2) is 12.2 Å². The highest BCUT2D eigenvalue weighted by Gasteiger charge is 2.06. The summed E-state index contributed by atoms with van der Waals surface area (Å²) in [4.78, 5) is 0. The highest BCUT2D eigenvalue weighted by atomic mass is 16.3. The quantitative estimate of drug-likeness (QED) is 0.446. The number of hydrogen-bond donors (Lipinski definition) is 0. The molecule has 0 N–H and O–H groups in total. The van der Waals surface area contributed by atoms with Gasteiger partial charge in [-0.15, -0.1) is 0 Å². The minimum atomic E-state index is -0.880. The van der Waals surface area contributed by atoms with E-state index in [2.05, 4.69) is 0 Å². The molecule has 0 aromatic rings. The predicted molar refractivity (Wildman–Crippen MR) is 29.6 cm³/mol. The van der Waals surface area contributed by atoms with Crippen LogP contribution in [-0.2, 0) is 5.11 Å². The minimum absolute atomic E-state index is 0.880. The first-order chi connectivity index (χ1) is 3.06. The first kappa shape index (κ1) is 6.70. The normalized spacial score (nSPS) is 13.1. The Morgan fingerprint density at radius 2 is 1.86 bits per heavy atom. The van der Waals surface area contributed by atoms with Crippen molar-refractivity contribution in [2.45, 2.75) is 26.4 Å². The summed E-state index contributed by atoms with van der Waals surface area (Å²) in [6.45, 7) is 5.11. The lowest BCUT2D eigenvalue weighted by atomic mass is 10.1. The van der Waals surface area contributed by atoms with Crippen LogP contribution in [0.1, 0.15) is 20.8 Å². The van der Waals surface area contributed by atoms with Crippen molar-refractivity contribution in [2.24, 2.45) is 0 Å². The molecule has 0 bridgehead atoms. The Labute approximate surface area is 44.7 Å². The van der Waals surface area contributed by atoms with Crippen molar-refractivity contribution < 1.29 is 5.11 Å². The van der Waals surface area contributed by atoms with Crippen LogP contribution < -0.4 is 0 Å². The van der Waals surface area contributed by atoms with Gasteiger partial charge in [0.2, 0.25) is 0 Å². The van der Waals surface area contributed by atoms with Crippen molar-refractivity contribution in [3.8, 4) is 0 Å². The van der Waals surface area contributed by atoms with E-state index in [0.717, 1.165) is 0 Å². The molecule has 1 heteroatoms. The standard InChI is InChI=1S/C6H11O/c1-4-5-6(2,3)7/h4-5H,1-3H3/b5-4+. The van der Waals surface area contributed by atoms with Crippen molar-refractivity contribution in [1.82, 2.24) is 0 Å². The Morgan fingerprint density at radius 3 is 1.86 bits per heavy atom. The molecule has 0 aliphatic carbocycles. The van der Waals surface area contributed by atoms with Crippen LogP contribution in [0.2, 0.25) is 0 Å². The Hall–Kier alpha value is -0.300. The topological polar surface area (TPSA) is 19.9 Å². The first-order valence-corrected chi connectivity index (χ1v) is 2.40. The zero-order chi connectivity index (χ0) is 5.91. The van der Waals surface area contributed by atoms with Crippen molar-refractivity contribution in [2.75, 3.05) is 0 Å². The molecule has 0 aliphatic heterocycles. The van der Waals surface area contributed by atoms with E-state index in [1.807, 2.05) is 6.92 Å². The van der Waals surface area contributed by atoms with Gasteiger partial charge in [0.25, 0.3) is 0 Å². The van der Waals surface area contributed by atoms with Gasteiger partial charge < -0.3 is 0 Å². The second-order valence-corrected chi connectivity index (χ2v) is 2.10. The molecule has 1 radical (unpaired) electrons. The van der Waals surface area contributed by atoms with Crippen LogP contribution in [-0.4, -0.2) is 5.60 Å². The van der Waals surface area contributed by atoms with Crippen molar-refractivity contribution >= 4 is 0 Å². The average molecular weight is 99.2 g/mol. The molecule has 0 fully saturated rings. The maximum atomic E-state index is 10.6. The molecular formula is C6H11O. The molecule has 0 aromatic heterocycles. The van der Waals surface area contributed by atoms with E-state index in [1.54, 1.807) is 26.0 Å². The molecule has 0 unspecified atom stereocenters. The molecule has 0 rings (SSSR count). The molecule has 0 heterocycles. The molecule has 0 atom stereocenters. The fourth-order valence-electron chi connectivity index (χ4n) is 0.401.